The lowest BCUT2D eigenvalue weighted by molar-refractivity contribution is 0.185. The molecule has 16 heavy (non-hydrogen) atoms. The van der Waals surface area contributed by atoms with Crippen LogP contribution in [0.5, 0.6) is 0 Å². The van der Waals surface area contributed by atoms with Crippen molar-refractivity contribution in [2.75, 3.05) is 67.5 Å². The first-order valence-electron chi connectivity index (χ1n) is 5.84. The van der Waals surface area contributed by atoms with Gasteiger partial charge in [-0.25, -0.2) is 4.79 Å². The van der Waals surface area contributed by atoms with Gasteiger partial charge in [0.15, 0.2) is 0 Å². The summed E-state index contributed by atoms with van der Waals surface area (Å²) in [6.07, 6.45) is 0. The third-order valence-corrected chi connectivity index (χ3v) is 2.82. The molecule has 0 N–H and O–H groups in total. The van der Waals surface area contributed by atoms with E-state index in [0.717, 1.165) is 39.3 Å². The van der Waals surface area contributed by atoms with Crippen molar-refractivity contribution >= 4 is 6.03 Å². The maximum absolute atomic E-state index is 11.9. The summed E-state index contributed by atoms with van der Waals surface area (Å²) < 4.78 is 0. The van der Waals surface area contributed by atoms with E-state index in [0.29, 0.717) is 0 Å². The fourth-order valence-corrected chi connectivity index (χ4v) is 1.69. The average molecular weight is 228 g/mol. The summed E-state index contributed by atoms with van der Waals surface area (Å²) in [6.45, 7) is 5.30. The first kappa shape index (κ1) is 13.3. The minimum Gasteiger partial charge on any atom is -0.322 e. The van der Waals surface area contributed by atoms with Gasteiger partial charge in [-0.3, -0.25) is 0 Å². The maximum Gasteiger partial charge on any atom is 0.320 e. The Balaban J connectivity index is 2.30. The van der Waals surface area contributed by atoms with Crippen LogP contribution in [0, 0.1) is 0 Å². The van der Waals surface area contributed by atoms with Crippen molar-refractivity contribution in [2.24, 2.45) is 0 Å². The Labute approximate surface area is 98.6 Å². The van der Waals surface area contributed by atoms with Crippen LogP contribution in [-0.4, -0.2) is 93.1 Å². The average Bonchev–Trinajstić information content (AvgIpc) is 2.53. The third-order valence-electron chi connectivity index (χ3n) is 2.82. The number of hydrogen-bond acceptors (Lipinski definition) is 3. The minimum absolute atomic E-state index is 0.198. The molecule has 2 amide bonds. The molecular weight excluding hydrogens is 204 g/mol. The summed E-state index contributed by atoms with van der Waals surface area (Å²) in [4.78, 5) is 20.0. The van der Waals surface area contributed by atoms with E-state index in [2.05, 4.69) is 9.80 Å². The number of nitrogens with zero attached hydrogens (tertiary/aromatic N) is 4. The van der Waals surface area contributed by atoms with Crippen LogP contribution in [-0.2, 0) is 0 Å². The summed E-state index contributed by atoms with van der Waals surface area (Å²) in [6, 6.07) is 0.198. The number of carbonyl (C=O) groups is 1. The second-order valence-electron chi connectivity index (χ2n) is 4.86. The molecule has 94 valence electrons. The fraction of sp³-hybridized carbons (Fsp3) is 0.909. The molecule has 0 bridgehead atoms. The van der Waals surface area contributed by atoms with Gasteiger partial charge in [0.05, 0.1) is 0 Å². The molecule has 0 aromatic carbocycles. The molecule has 1 rings (SSSR count). The van der Waals surface area contributed by atoms with Crippen LogP contribution >= 0.6 is 0 Å². The Bertz CT molecular complexity index is 208. The zero-order valence-corrected chi connectivity index (χ0v) is 10.9. The normalized spacial score (nSPS) is 17.0. The molecule has 1 saturated heterocycles. The molecule has 1 aliphatic heterocycles. The smallest absolute Gasteiger partial charge is 0.320 e. The predicted molar refractivity (Wildman–Crippen MR) is 65.7 cm³/mol. The number of likely N-dealkylation sites (N-methyl/N-ethyl adjacent to an activating group) is 2. The lowest BCUT2D eigenvalue weighted by atomic mass is 10.5. The Kier molecular flexibility index (Phi) is 5.02. The quantitative estimate of drug-likeness (QED) is 0.633. The highest BCUT2D eigenvalue weighted by atomic mass is 16.2. The Morgan fingerprint density at radius 3 is 1.62 bits per heavy atom. The molecule has 0 radical (unpaired) electrons. The Morgan fingerprint density at radius 1 is 0.938 bits per heavy atom. The van der Waals surface area contributed by atoms with Gasteiger partial charge in [-0.1, -0.05) is 0 Å². The highest BCUT2D eigenvalue weighted by Crippen LogP contribution is 2.07. The Morgan fingerprint density at radius 2 is 1.31 bits per heavy atom. The van der Waals surface area contributed by atoms with Crippen molar-refractivity contribution in [3.63, 3.8) is 0 Å². The summed E-state index contributed by atoms with van der Waals surface area (Å²) in [5.41, 5.74) is 0. The summed E-state index contributed by atoms with van der Waals surface area (Å²) in [5, 5.41) is 0. The first-order chi connectivity index (χ1) is 7.50. The predicted octanol–water partition coefficient (Wildman–Crippen LogP) is -0.153. The molecule has 1 fully saturated rings. The second-order valence-corrected chi connectivity index (χ2v) is 4.86. The van der Waals surface area contributed by atoms with E-state index in [1.54, 1.807) is 0 Å². The first-order valence-corrected chi connectivity index (χ1v) is 5.84. The number of amides is 2. The lowest BCUT2D eigenvalue weighted by Crippen LogP contribution is -2.38. The van der Waals surface area contributed by atoms with Crippen molar-refractivity contribution in [3.8, 4) is 0 Å². The highest BCUT2D eigenvalue weighted by Gasteiger charge is 2.27. The van der Waals surface area contributed by atoms with Crippen LogP contribution in [0.1, 0.15) is 0 Å². The number of hydrogen-bond donors (Lipinski definition) is 0. The number of urea groups is 1. The molecule has 5 nitrogen and oxygen atoms in total. The molecule has 0 unspecified atom stereocenters. The van der Waals surface area contributed by atoms with Gasteiger partial charge in [-0.05, 0) is 28.2 Å². The second kappa shape index (κ2) is 6.06. The monoisotopic (exact) mass is 228 g/mol. The van der Waals surface area contributed by atoms with E-state index >= 15 is 0 Å². The molecule has 1 heterocycles. The standard InChI is InChI=1S/C11H24N4O/c1-12(2)5-7-14-9-10-15(11(14)16)8-6-13(3)4/h5-10H2,1-4H3. The molecule has 0 spiro atoms. The number of rotatable bonds is 6. The van der Waals surface area contributed by atoms with Crippen LogP contribution in [0.25, 0.3) is 0 Å². The molecule has 1 aliphatic rings. The third kappa shape index (κ3) is 3.98. The van der Waals surface area contributed by atoms with Crippen LogP contribution < -0.4 is 0 Å². The van der Waals surface area contributed by atoms with Gasteiger partial charge in [0.1, 0.15) is 0 Å². The molecule has 0 aromatic heterocycles. The van der Waals surface area contributed by atoms with Crippen molar-refractivity contribution < 1.29 is 4.79 Å². The van der Waals surface area contributed by atoms with Crippen molar-refractivity contribution in [1.29, 1.82) is 0 Å². The molecule has 5 heteroatoms. The highest BCUT2D eigenvalue weighted by molar-refractivity contribution is 5.76. The summed E-state index contributed by atoms with van der Waals surface area (Å²) in [5.74, 6) is 0. The lowest BCUT2D eigenvalue weighted by Gasteiger charge is -2.21. The van der Waals surface area contributed by atoms with E-state index in [4.69, 9.17) is 0 Å². The molecule has 0 atom stereocenters. The Hall–Kier alpha value is -0.810. The van der Waals surface area contributed by atoms with Crippen molar-refractivity contribution in [3.05, 3.63) is 0 Å². The van der Waals surface area contributed by atoms with E-state index < -0.39 is 0 Å². The van der Waals surface area contributed by atoms with E-state index in [1.807, 2.05) is 38.0 Å². The van der Waals surface area contributed by atoms with Crippen molar-refractivity contribution in [1.82, 2.24) is 19.6 Å². The molecule has 0 saturated carbocycles. The van der Waals surface area contributed by atoms with Crippen LogP contribution in [0.15, 0.2) is 0 Å². The van der Waals surface area contributed by atoms with Crippen molar-refractivity contribution in [2.45, 2.75) is 0 Å². The number of carbonyl (C=O) groups excluding carboxylic acids is 1. The van der Waals surface area contributed by atoms with E-state index in [-0.39, 0.29) is 6.03 Å². The van der Waals surface area contributed by atoms with Gasteiger partial charge in [-0.15, -0.1) is 0 Å². The van der Waals surface area contributed by atoms with E-state index in [1.165, 1.54) is 0 Å². The van der Waals surface area contributed by atoms with Gasteiger partial charge in [0, 0.05) is 39.3 Å². The van der Waals surface area contributed by atoms with E-state index in [9.17, 15) is 4.79 Å². The molecule has 0 aromatic rings. The van der Waals surface area contributed by atoms with Crippen LogP contribution in [0.2, 0.25) is 0 Å². The molecule has 0 aliphatic carbocycles. The van der Waals surface area contributed by atoms with Gasteiger partial charge in [0.2, 0.25) is 0 Å². The summed E-state index contributed by atoms with van der Waals surface area (Å²) >= 11 is 0. The van der Waals surface area contributed by atoms with Crippen LogP contribution in [0.3, 0.4) is 0 Å². The van der Waals surface area contributed by atoms with Gasteiger partial charge in [0.25, 0.3) is 0 Å². The largest absolute Gasteiger partial charge is 0.322 e. The van der Waals surface area contributed by atoms with Gasteiger partial charge in [-0.2, -0.15) is 0 Å². The fourth-order valence-electron chi connectivity index (χ4n) is 1.69. The van der Waals surface area contributed by atoms with Gasteiger partial charge < -0.3 is 19.6 Å². The topological polar surface area (TPSA) is 30.0 Å². The van der Waals surface area contributed by atoms with Gasteiger partial charge >= 0.3 is 6.03 Å². The minimum atomic E-state index is 0.198. The maximum atomic E-state index is 11.9. The molecular formula is C11H24N4O. The summed E-state index contributed by atoms with van der Waals surface area (Å²) in [7, 11) is 8.13. The zero-order chi connectivity index (χ0) is 12.1. The van der Waals surface area contributed by atoms with Crippen LogP contribution in [0.4, 0.5) is 4.79 Å². The zero-order valence-electron chi connectivity index (χ0n) is 10.9. The SMILES string of the molecule is CN(C)CCN1CCN(CCN(C)C)C1=O.